The van der Waals surface area contributed by atoms with Crippen LogP contribution in [0.25, 0.3) is 0 Å². The molecule has 0 radical (unpaired) electrons. The molecular weight excluding hydrogens is 284 g/mol. The van der Waals surface area contributed by atoms with E-state index in [2.05, 4.69) is 4.98 Å². The summed E-state index contributed by atoms with van der Waals surface area (Å²) in [4.78, 5) is 14.4. The summed E-state index contributed by atoms with van der Waals surface area (Å²) >= 11 is 0. The molecule has 7 nitrogen and oxygen atoms in total. The summed E-state index contributed by atoms with van der Waals surface area (Å²) in [5.41, 5.74) is -0.322. The van der Waals surface area contributed by atoms with Gasteiger partial charge in [0.25, 0.3) is 0 Å². The second-order valence-electron chi connectivity index (χ2n) is 3.75. The molecule has 0 aliphatic rings. The number of ether oxygens (including phenoxy) is 1. The molecule has 0 amide bonds. The summed E-state index contributed by atoms with van der Waals surface area (Å²) in [6.45, 7) is 0. The molecule has 0 saturated carbocycles. The number of pyridine rings is 1. The monoisotopic (exact) mass is 294 g/mol. The van der Waals surface area contributed by atoms with Gasteiger partial charge in [-0.2, -0.15) is 0 Å². The normalized spacial score (nSPS) is 11.1. The molecule has 1 aromatic heterocycles. The van der Waals surface area contributed by atoms with Crippen molar-refractivity contribution in [1.29, 1.82) is 0 Å². The average Bonchev–Trinajstić information content (AvgIpc) is 2.38. The fourth-order valence-corrected chi connectivity index (χ4v) is 2.18. The zero-order valence-electron chi connectivity index (χ0n) is 10.1. The van der Waals surface area contributed by atoms with Crippen molar-refractivity contribution < 1.29 is 23.1 Å². The average molecular weight is 294 g/mol. The third-order valence-corrected chi connectivity index (χ3v) is 3.30. The first kappa shape index (κ1) is 14.0. The van der Waals surface area contributed by atoms with Crippen LogP contribution in [-0.2, 0) is 10.0 Å². The SMILES string of the molecule is NS(=O)(=O)c1ccccc1Oc1cccnc1C(=O)O. The Balaban J connectivity index is 2.49. The molecular formula is C12H10N2O5S. The minimum absolute atomic E-state index is 0.0644. The Labute approximate surface area is 114 Å². The molecule has 1 aromatic carbocycles. The maximum absolute atomic E-state index is 11.4. The fourth-order valence-electron chi connectivity index (χ4n) is 1.52. The van der Waals surface area contributed by atoms with Gasteiger partial charge in [0, 0.05) is 6.20 Å². The van der Waals surface area contributed by atoms with E-state index in [1.54, 1.807) is 6.07 Å². The summed E-state index contributed by atoms with van der Waals surface area (Å²) in [6.07, 6.45) is 1.29. The number of aromatic nitrogens is 1. The van der Waals surface area contributed by atoms with Crippen molar-refractivity contribution in [3.63, 3.8) is 0 Å². The third kappa shape index (κ3) is 2.92. The van der Waals surface area contributed by atoms with Gasteiger partial charge in [-0.1, -0.05) is 12.1 Å². The number of aromatic carboxylic acids is 1. The molecule has 0 aliphatic carbocycles. The molecule has 0 fully saturated rings. The number of benzene rings is 1. The lowest BCUT2D eigenvalue weighted by Crippen LogP contribution is -2.13. The number of nitrogens with zero attached hydrogens (tertiary/aromatic N) is 1. The largest absolute Gasteiger partial charge is 0.476 e. The highest BCUT2D eigenvalue weighted by Gasteiger charge is 2.18. The van der Waals surface area contributed by atoms with Gasteiger partial charge in [-0.3, -0.25) is 0 Å². The molecule has 0 atom stereocenters. The maximum Gasteiger partial charge on any atom is 0.358 e. The van der Waals surface area contributed by atoms with E-state index in [0.29, 0.717) is 0 Å². The number of carbonyl (C=O) groups is 1. The summed E-state index contributed by atoms with van der Waals surface area (Å²) in [5, 5.41) is 14.1. The zero-order valence-corrected chi connectivity index (χ0v) is 10.9. The van der Waals surface area contributed by atoms with E-state index >= 15 is 0 Å². The van der Waals surface area contributed by atoms with Crippen LogP contribution >= 0.6 is 0 Å². The number of nitrogens with two attached hydrogens (primary N) is 1. The van der Waals surface area contributed by atoms with Crippen LogP contribution in [0.2, 0.25) is 0 Å². The number of carboxylic acid groups (broad SMARTS) is 1. The predicted octanol–water partition coefficient (Wildman–Crippen LogP) is 1.22. The molecule has 3 N–H and O–H groups in total. The lowest BCUT2D eigenvalue weighted by molar-refractivity contribution is 0.0687. The zero-order chi connectivity index (χ0) is 14.8. The van der Waals surface area contributed by atoms with Crippen molar-refractivity contribution >= 4 is 16.0 Å². The van der Waals surface area contributed by atoms with Crippen LogP contribution in [0.1, 0.15) is 10.5 Å². The number of rotatable bonds is 4. The van der Waals surface area contributed by atoms with Crippen molar-refractivity contribution in [2.24, 2.45) is 5.14 Å². The van der Waals surface area contributed by atoms with Crippen molar-refractivity contribution in [1.82, 2.24) is 4.98 Å². The van der Waals surface area contributed by atoms with Crippen molar-refractivity contribution in [3.05, 3.63) is 48.3 Å². The van der Waals surface area contributed by atoms with E-state index < -0.39 is 16.0 Å². The second kappa shape index (κ2) is 5.27. The predicted molar refractivity (Wildman–Crippen MR) is 69.1 cm³/mol. The Morgan fingerprint density at radius 2 is 1.80 bits per heavy atom. The molecule has 8 heteroatoms. The van der Waals surface area contributed by atoms with Gasteiger partial charge >= 0.3 is 5.97 Å². The Bertz CT molecular complexity index is 758. The van der Waals surface area contributed by atoms with E-state index in [1.807, 2.05) is 0 Å². The number of carboxylic acids is 1. The smallest absolute Gasteiger partial charge is 0.358 e. The number of primary sulfonamides is 1. The summed E-state index contributed by atoms with van der Waals surface area (Å²) in [7, 11) is -3.98. The molecule has 104 valence electrons. The molecule has 2 rings (SSSR count). The van der Waals surface area contributed by atoms with Crippen LogP contribution in [0.3, 0.4) is 0 Å². The molecule has 0 unspecified atom stereocenters. The van der Waals surface area contributed by atoms with E-state index in [-0.39, 0.29) is 22.1 Å². The molecule has 20 heavy (non-hydrogen) atoms. The number of hydrogen-bond acceptors (Lipinski definition) is 5. The number of sulfonamides is 1. The van der Waals surface area contributed by atoms with Crippen LogP contribution in [0.4, 0.5) is 0 Å². The summed E-state index contributed by atoms with van der Waals surface area (Å²) in [6, 6.07) is 8.51. The fraction of sp³-hybridized carbons (Fsp3) is 0. The number of hydrogen-bond donors (Lipinski definition) is 2. The van der Waals surface area contributed by atoms with Crippen molar-refractivity contribution in [2.45, 2.75) is 4.90 Å². The quantitative estimate of drug-likeness (QED) is 0.874. The molecule has 0 aliphatic heterocycles. The van der Waals surface area contributed by atoms with Crippen LogP contribution in [0.15, 0.2) is 47.5 Å². The highest BCUT2D eigenvalue weighted by molar-refractivity contribution is 7.89. The van der Waals surface area contributed by atoms with Gasteiger partial charge in [-0.05, 0) is 24.3 Å². The first-order chi connectivity index (χ1) is 9.39. The Kier molecular flexibility index (Phi) is 3.68. The topological polar surface area (TPSA) is 120 Å². The molecule has 1 heterocycles. The standard InChI is InChI=1S/C12H10N2O5S/c13-20(17,18)10-6-2-1-4-8(10)19-9-5-3-7-14-11(9)12(15)16/h1-7H,(H,15,16)(H2,13,17,18). The Morgan fingerprint density at radius 1 is 1.15 bits per heavy atom. The lowest BCUT2D eigenvalue weighted by atomic mass is 10.3. The molecule has 2 aromatic rings. The van der Waals surface area contributed by atoms with E-state index in [9.17, 15) is 13.2 Å². The summed E-state index contributed by atoms with van der Waals surface area (Å²) < 4.78 is 28.2. The van der Waals surface area contributed by atoms with Crippen molar-refractivity contribution in [2.75, 3.05) is 0 Å². The highest BCUT2D eigenvalue weighted by atomic mass is 32.2. The van der Waals surface area contributed by atoms with Crippen molar-refractivity contribution in [3.8, 4) is 11.5 Å². The summed E-state index contributed by atoms with van der Waals surface area (Å²) in [5.74, 6) is -1.42. The Morgan fingerprint density at radius 3 is 2.45 bits per heavy atom. The molecule has 0 spiro atoms. The maximum atomic E-state index is 11.4. The van der Waals surface area contributed by atoms with Gasteiger partial charge in [0.2, 0.25) is 10.0 Å². The first-order valence-corrected chi connectivity index (χ1v) is 6.92. The third-order valence-electron chi connectivity index (χ3n) is 2.35. The van der Waals surface area contributed by atoms with E-state index in [0.717, 1.165) is 0 Å². The number of para-hydroxylation sites is 1. The van der Waals surface area contributed by atoms with E-state index in [4.69, 9.17) is 15.0 Å². The highest BCUT2D eigenvalue weighted by Crippen LogP contribution is 2.29. The van der Waals surface area contributed by atoms with Crippen LogP contribution in [0.5, 0.6) is 11.5 Å². The minimum atomic E-state index is -3.98. The lowest BCUT2D eigenvalue weighted by Gasteiger charge is -2.10. The van der Waals surface area contributed by atoms with Crippen LogP contribution in [0, 0.1) is 0 Å². The van der Waals surface area contributed by atoms with E-state index in [1.165, 1.54) is 36.5 Å². The van der Waals surface area contributed by atoms with Crippen LogP contribution < -0.4 is 9.88 Å². The van der Waals surface area contributed by atoms with Gasteiger partial charge in [-0.15, -0.1) is 0 Å². The second-order valence-corrected chi connectivity index (χ2v) is 5.28. The Hall–Kier alpha value is -2.45. The minimum Gasteiger partial charge on any atom is -0.476 e. The molecule has 0 saturated heterocycles. The van der Waals surface area contributed by atoms with Gasteiger partial charge < -0.3 is 9.84 Å². The first-order valence-electron chi connectivity index (χ1n) is 5.37. The van der Waals surface area contributed by atoms with Crippen LogP contribution in [-0.4, -0.2) is 24.5 Å². The van der Waals surface area contributed by atoms with Gasteiger partial charge in [-0.25, -0.2) is 23.3 Å². The molecule has 0 bridgehead atoms. The van der Waals surface area contributed by atoms with Gasteiger partial charge in [0.1, 0.15) is 10.6 Å². The van der Waals surface area contributed by atoms with Gasteiger partial charge in [0.05, 0.1) is 0 Å². The van der Waals surface area contributed by atoms with Gasteiger partial charge in [0.15, 0.2) is 11.4 Å².